The number of esters is 2. The normalized spacial score (nSPS) is 21.1. The molecule has 2 aromatic rings. The zero-order chi connectivity index (χ0) is 29.6. The molecular formula is C27H28N6O7S2. The third-order valence-corrected chi connectivity index (χ3v) is 9.02. The SMILES string of the molecule is Nc1nc(C(=NO)C(=O)N[C@@H]2C(=O)N3C(C(=O)OCOC(=O)C4CCCCC4)=C(/C=C\c4cccnc4)CS[C@@H]23)cs1. The Balaban J connectivity index is 1.31. The minimum atomic E-state index is -1.01. The van der Waals surface area contributed by atoms with Crippen molar-refractivity contribution in [3.63, 3.8) is 0 Å². The molecule has 13 nitrogen and oxygen atoms in total. The van der Waals surface area contributed by atoms with E-state index in [4.69, 9.17) is 15.2 Å². The van der Waals surface area contributed by atoms with Crippen LogP contribution in [0.2, 0.25) is 0 Å². The molecule has 2 fully saturated rings. The molecule has 0 aromatic carbocycles. The van der Waals surface area contributed by atoms with Crippen molar-refractivity contribution in [2.75, 3.05) is 18.3 Å². The smallest absolute Gasteiger partial charge is 0.358 e. The van der Waals surface area contributed by atoms with Gasteiger partial charge in [0.1, 0.15) is 22.8 Å². The van der Waals surface area contributed by atoms with Gasteiger partial charge in [0.15, 0.2) is 10.8 Å². The summed E-state index contributed by atoms with van der Waals surface area (Å²) in [5.41, 5.74) is 6.57. The Morgan fingerprint density at radius 1 is 1.21 bits per heavy atom. The lowest BCUT2D eigenvalue weighted by Crippen LogP contribution is -2.71. The van der Waals surface area contributed by atoms with E-state index < -0.39 is 47.7 Å². The molecule has 2 amide bonds. The molecule has 4 N–H and O–H groups in total. The van der Waals surface area contributed by atoms with Crippen LogP contribution in [0.3, 0.4) is 0 Å². The maximum atomic E-state index is 13.3. The molecule has 0 unspecified atom stereocenters. The topological polar surface area (TPSA) is 186 Å². The van der Waals surface area contributed by atoms with Crippen molar-refractivity contribution in [2.45, 2.75) is 43.5 Å². The number of β-lactam (4-membered cyclic amide) rings is 1. The van der Waals surface area contributed by atoms with Crippen LogP contribution in [0.1, 0.15) is 43.4 Å². The molecule has 2 atom stereocenters. The van der Waals surface area contributed by atoms with Gasteiger partial charge in [-0.05, 0) is 30.0 Å². The fraction of sp³-hybridized carbons (Fsp3) is 0.370. The summed E-state index contributed by atoms with van der Waals surface area (Å²) >= 11 is 2.40. The van der Waals surface area contributed by atoms with Gasteiger partial charge in [-0.1, -0.05) is 42.6 Å². The van der Waals surface area contributed by atoms with E-state index in [9.17, 15) is 24.4 Å². The van der Waals surface area contributed by atoms with Gasteiger partial charge in [0, 0.05) is 23.5 Å². The van der Waals surface area contributed by atoms with Crippen LogP contribution in [0.4, 0.5) is 5.13 Å². The van der Waals surface area contributed by atoms with Crippen molar-refractivity contribution in [2.24, 2.45) is 11.1 Å². The summed E-state index contributed by atoms with van der Waals surface area (Å²) in [5.74, 6) is -2.53. The minimum absolute atomic E-state index is 0.00794. The largest absolute Gasteiger partial charge is 0.428 e. The maximum absolute atomic E-state index is 13.3. The molecule has 0 spiro atoms. The number of rotatable bonds is 9. The average Bonchev–Trinajstić information content (AvgIpc) is 3.44. The van der Waals surface area contributed by atoms with Crippen LogP contribution in [0, 0.1) is 5.92 Å². The quantitative estimate of drug-likeness (QED) is 0.0942. The molecule has 4 heterocycles. The van der Waals surface area contributed by atoms with E-state index in [-0.39, 0.29) is 22.4 Å². The summed E-state index contributed by atoms with van der Waals surface area (Å²) in [6, 6.07) is 2.60. The van der Waals surface area contributed by atoms with Crippen LogP contribution in [0.25, 0.3) is 6.08 Å². The minimum Gasteiger partial charge on any atom is -0.428 e. The number of hydrogen-bond acceptors (Lipinski definition) is 13. The summed E-state index contributed by atoms with van der Waals surface area (Å²) < 4.78 is 10.5. The molecule has 42 heavy (non-hydrogen) atoms. The van der Waals surface area contributed by atoms with E-state index in [0.717, 1.165) is 49.0 Å². The van der Waals surface area contributed by atoms with E-state index in [2.05, 4.69) is 20.4 Å². The van der Waals surface area contributed by atoms with Crippen LogP contribution in [-0.4, -0.2) is 73.5 Å². The number of nitrogens with one attached hydrogen (secondary N) is 1. The summed E-state index contributed by atoms with van der Waals surface area (Å²) in [6.45, 7) is -0.579. The number of oxime groups is 1. The molecular weight excluding hydrogens is 584 g/mol. The lowest BCUT2D eigenvalue weighted by atomic mass is 9.89. The first-order valence-corrected chi connectivity index (χ1v) is 15.1. The summed E-state index contributed by atoms with van der Waals surface area (Å²) in [6.07, 6.45) is 11.2. The third-order valence-electron chi connectivity index (χ3n) is 7.05. The van der Waals surface area contributed by atoms with Crippen LogP contribution in [0.15, 0.2) is 52.4 Å². The monoisotopic (exact) mass is 612 g/mol. The number of carbonyl (C=O) groups is 4. The van der Waals surface area contributed by atoms with Crippen molar-refractivity contribution >= 4 is 63.8 Å². The number of ether oxygens (including phenoxy) is 2. The highest BCUT2D eigenvalue weighted by Crippen LogP contribution is 2.41. The third kappa shape index (κ3) is 6.31. The molecule has 3 aliphatic rings. The van der Waals surface area contributed by atoms with Crippen molar-refractivity contribution in [3.8, 4) is 0 Å². The fourth-order valence-corrected chi connectivity index (χ4v) is 6.78. The second-order valence-electron chi connectivity index (χ2n) is 9.72. The molecule has 2 aliphatic heterocycles. The first-order valence-electron chi connectivity index (χ1n) is 13.2. The molecule has 0 bridgehead atoms. The highest BCUT2D eigenvalue weighted by molar-refractivity contribution is 8.00. The summed E-state index contributed by atoms with van der Waals surface area (Å²) in [4.78, 5) is 61.1. The van der Waals surface area contributed by atoms with E-state index in [0.29, 0.717) is 11.3 Å². The highest BCUT2D eigenvalue weighted by atomic mass is 32.2. The number of nitrogens with zero attached hydrogens (tertiary/aromatic N) is 4. The van der Waals surface area contributed by atoms with Gasteiger partial charge in [0.25, 0.3) is 11.8 Å². The first-order chi connectivity index (χ1) is 20.4. The molecule has 2 aromatic heterocycles. The Kier molecular flexibility index (Phi) is 9.17. The predicted octanol–water partition coefficient (Wildman–Crippen LogP) is 2.29. The van der Waals surface area contributed by atoms with Crippen molar-refractivity contribution in [1.29, 1.82) is 0 Å². The van der Waals surface area contributed by atoms with Gasteiger partial charge in [-0.15, -0.1) is 23.1 Å². The standard InChI is InChI=1S/C27H28N6O7S2/c28-27-30-18(13-42-27)19(32-38)22(34)31-20-23(35)33-21(26(37)40-14-39-25(36)16-6-2-1-3-7-16)17(12-41-24(20)33)9-8-15-5-4-10-29-11-15/h4-5,8-11,13,16,20,24,38H,1-3,6-7,12,14H2,(H2,28,30)(H,31,34)/b9-8-,32-19?/t20-,24+/m1/s1. The Bertz CT molecular complexity index is 1450. The van der Waals surface area contributed by atoms with Crippen molar-refractivity contribution < 1.29 is 33.9 Å². The molecule has 1 aliphatic carbocycles. The van der Waals surface area contributed by atoms with Gasteiger partial charge < -0.3 is 25.7 Å². The van der Waals surface area contributed by atoms with E-state index in [1.165, 1.54) is 22.0 Å². The molecule has 5 rings (SSSR count). The summed E-state index contributed by atoms with van der Waals surface area (Å²) in [5, 5.41) is 16.0. The zero-order valence-electron chi connectivity index (χ0n) is 22.3. The van der Waals surface area contributed by atoms with E-state index in [1.54, 1.807) is 30.6 Å². The highest BCUT2D eigenvalue weighted by Gasteiger charge is 2.54. The number of carbonyl (C=O) groups excluding carboxylic acids is 4. The number of pyridine rings is 1. The number of nitrogen functional groups attached to an aromatic ring is 1. The fourth-order valence-electron chi connectivity index (χ4n) is 4.92. The number of thioether (sulfide) groups is 1. The number of amides is 2. The number of allylic oxidation sites excluding steroid dienone is 1. The molecule has 1 saturated carbocycles. The number of fused-ring (bicyclic) bond motifs is 1. The van der Waals surface area contributed by atoms with Crippen LogP contribution in [0.5, 0.6) is 0 Å². The number of aromatic nitrogens is 2. The van der Waals surface area contributed by atoms with Gasteiger partial charge in [-0.2, -0.15) is 0 Å². The van der Waals surface area contributed by atoms with E-state index >= 15 is 0 Å². The Morgan fingerprint density at radius 3 is 2.71 bits per heavy atom. The molecule has 0 radical (unpaired) electrons. The Hall–Kier alpha value is -4.24. The van der Waals surface area contributed by atoms with Crippen molar-refractivity contribution in [1.82, 2.24) is 20.2 Å². The number of anilines is 1. The van der Waals surface area contributed by atoms with Gasteiger partial charge >= 0.3 is 11.9 Å². The lowest BCUT2D eigenvalue weighted by molar-refractivity contribution is -0.171. The van der Waals surface area contributed by atoms with Crippen molar-refractivity contribution in [3.05, 3.63) is 58.5 Å². The van der Waals surface area contributed by atoms with Crippen LogP contribution in [-0.2, 0) is 28.7 Å². The van der Waals surface area contributed by atoms with Gasteiger partial charge in [0.05, 0.1) is 5.92 Å². The Morgan fingerprint density at radius 2 is 2.02 bits per heavy atom. The van der Waals surface area contributed by atoms with Crippen LogP contribution >= 0.6 is 23.1 Å². The molecule has 15 heteroatoms. The zero-order valence-corrected chi connectivity index (χ0v) is 23.9. The number of nitrogens with two attached hydrogens (primary N) is 1. The lowest BCUT2D eigenvalue weighted by Gasteiger charge is -2.49. The van der Waals surface area contributed by atoms with Gasteiger partial charge in [-0.25, -0.2) is 9.78 Å². The second-order valence-corrected chi connectivity index (χ2v) is 11.7. The summed E-state index contributed by atoms with van der Waals surface area (Å²) in [7, 11) is 0. The van der Waals surface area contributed by atoms with Crippen LogP contribution < -0.4 is 11.1 Å². The number of thiazole rings is 1. The van der Waals surface area contributed by atoms with Gasteiger partial charge in [-0.3, -0.25) is 24.3 Å². The number of hydrogen-bond donors (Lipinski definition) is 3. The maximum Gasteiger partial charge on any atom is 0.358 e. The van der Waals surface area contributed by atoms with E-state index in [1.807, 2.05) is 6.07 Å². The molecule has 220 valence electrons. The predicted molar refractivity (Wildman–Crippen MR) is 154 cm³/mol. The molecule has 1 saturated heterocycles. The Labute approximate surface area is 248 Å². The van der Waals surface area contributed by atoms with Gasteiger partial charge in [0.2, 0.25) is 6.79 Å². The first kappa shape index (κ1) is 29.3. The average molecular weight is 613 g/mol. The second kappa shape index (κ2) is 13.2.